The average molecular weight is 387 g/mol. The van der Waals surface area contributed by atoms with Crippen LogP contribution in [0.5, 0.6) is 0 Å². The highest BCUT2D eigenvalue weighted by molar-refractivity contribution is 5.94. The van der Waals surface area contributed by atoms with E-state index in [-0.39, 0.29) is 0 Å². The van der Waals surface area contributed by atoms with E-state index in [4.69, 9.17) is 2.74 Å². The Morgan fingerprint density at radius 1 is 0.897 bits per heavy atom. The highest BCUT2D eigenvalue weighted by Gasteiger charge is 2.27. The minimum atomic E-state index is 0.293. The number of fused-ring (bicyclic) bond motifs is 1. The number of hydrogen-bond donors (Lipinski definition) is 0. The van der Waals surface area contributed by atoms with Crippen molar-refractivity contribution in [2.45, 2.75) is 77.0 Å². The summed E-state index contributed by atoms with van der Waals surface area (Å²) in [6, 6.07) is 11.7. The lowest BCUT2D eigenvalue weighted by Crippen LogP contribution is -2.31. The fourth-order valence-corrected chi connectivity index (χ4v) is 5.84. The molecule has 1 aromatic heterocycles. The van der Waals surface area contributed by atoms with E-state index in [1.165, 1.54) is 68.1 Å². The molecule has 0 radical (unpaired) electrons. The highest BCUT2D eigenvalue weighted by atomic mass is 14.9. The van der Waals surface area contributed by atoms with E-state index in [1.807, 2.05) is 11.6 Å². The second-order valence-electron chi connectivity index (χ2n) is 9.44. The van der Waals surface area contributed by atoms with Crippen LogP contribution in [0.25, 0.3) is 22.0 Å². The predicted octanol–water partition coefficient (Wildman–Crippen LogP) is 7.26. The summed E-state index contributed by atoms with van der Waals surface area (Å²) in [6.07, 6.45) is 10.9. The van der Waals surface area contributed by atoms with Crippen molar-refractivity contribution < 1.29 is 7.31 Å². The molecule has 0 aliphatic heterocycles. The average Bonchev–Trinajstić information content (AvgIpc) is 3.48. The zero-order valence-electron chi connectivity index (χ0n) is 20.1. The van der Waals surface area contributed by atoms with Crippen LogP contribution in [-0.4, -0.2) is 0 Å². The van der Waals surface area contributed by atoms with Crippen LogP contribution < -0.4 is 4.57 Å². The van der Waals surface area contributed by atoms with Crippen LogP contribution in [-0.2, 0) is 7.05 Å². The molecule has 0 spiro atoms. The summed E-state index contributed by atoms with van der Waals surface area (Å²) >= 11 is 0. The molecule has 2 aromatic carbocycles. The first-order chi connectivity index (χ1) is 15.0. The molecule has 29 heavy (non-hydrogen) atoms. The molecule has 1 heteroatoms. The van der Waals surface area contributed by atoms with Crippen LogP contribution in [0.1, 0.15) is 88.2 Å². The Balaban J connectivity index is 1.81. The van der Waals surface area contributed by atoms with E-state index in [0.29, 0.717) is 24.1 Å². The maximum atomic E-state index is 8.67. The third-order valence-electron chi connectivity index (χ3n) is 7.47. The summed E-state index contributed by atoms with van der Waals surface area (Å²) in [7, 11) is 1.96. The summed E-state index contributed by atoms with van der Waals surface area (Å²) < 4.78 is 19.2. The largest absolute Gasteiger partial charge is 0.220 e. The van der Waals surface area contributed by atoms with Crippen molar-refractivity contribution >= 4 is 10.8 Å². The number of hydrogen-bond acceptors (Lipinski definition) is 0. The van der Waals surface area contributed by atoms with Crippen LogP contribution in [0, 0.1) is 13.8 Å². The van der Waals surface area contributed by atoms with E-state index in [9.17, 15) is 0 Å². The van der Waals surface area contributed by atoms with Crippen molar-refractivity contribution in [3.63, 3.8) is 0 Å². The van der Waals surface area contributed by atoms with E-state index in [1.54, 1.807) is 5.56 Å². The Morgan fingerprint density at radius 3 is 2.31 bits per heavy atom. The Morgan fingerprint density at radius 2 is 1.59 bits per heavy atom. The van der Waals surface area contributed by atoms with Crippen molar-refractivity contribution in [1.82, 2.24) is 0 Å². The molecule has 0 unspecified atom stereocenters. The minimum Gasteiger partial charge on any atom is -0.200 e. The van der Waals surface area contributed by atoms with Crippen molar-refractivity contribution in [2.24, 2.45) is 7.05 Å². The molecule has 2 fully saturated rings. The zero-order chi connectivity index (χ0) is 21.7. The van der Waals surface area contributed by atoms with Gasteiger partial charge < -0.3 is 0 Å². The lowest BCUT2D eigenvalue weighted by molar-refractivity contribution is -0.659. The Labute approximate surface area is 178 Å². The molecule has 5 rings (SSSR count). The van der Waals surface area contributed by atoms with Gasteiger partial charge in [0.05, 0.1) is 12.3 Å². The summed E-state index contributed by atoms with van der Waals surface area (Å²) in [5, 5.41) is 1.99. The SMILES string of the molecule is [2H]c1c([2H])[n+](C)c(-c2cc(C3CCCC3)cc(C3CCCC3)c2C)c2ccc(C)cc12. The van der Waals surface area contributed by atoms with Gasteiger partial charge in [-0.25, -0.2) is 4.57 Å². The van der Waals surface area contributed by atoms with Gasteiger partial charge in [-0.1, -0.05) is 49.4 Å². The molecule has 0 bridgehead atoms. The Bertz CT molecular complexity index is 1150. The van der Waals surface area contributed by atoms with Gasteiger partial charge in [-0.2, -0.15) is 0 Å². The lowest BCUT2D eigenvalue weighted by Gasteiger charge is -2.21. The summed E-state index contributed by atoms with van der Waals surface area (Å²) in [4.78, 5) is 0. The first-order valence-corrected chi connectivity index (χ1v) is 11.5. The molecule has 0 N–H and O–H groups in total. The molecular weight excluding hydrogens is 350 g/mol. The number of nitrogens with zero attached hydrogens (tertiary/aromatic N) is 1. The van der Waals surface area contributed by atoms with Gasteiger partial charge in [0, 0.05) is 6.04 Å². The van der Waals surface area contributed by atoms with Crippen LogP contribution in [0.15, 0.2) is 42.5 Å². The van der Waals surface area contributed by atoms with Crippen LogP contribution >= 0.6 is 0 Å². The second kappa shape index (κ2) is 7.59. The number of pyridine rings is 1. The maximum Gasteiger partial charge on any atom is 0.220 e. The summed E-state index contributed by atoms with van der Waals surface area (Å²) in [5.74, 6) is 1.34. The second-order valence-corrected chi connectivity index (χ2v) is 9.44. The highest BCUT2D eigenvalue weighted by Crippen LogP contribution is 2.43. The van der Waals surface area contributed by atoms with Crippen molar-refractivity contribution in [1.29, 1.82) is 0 Å². The molecule has 0 amide bonds. The van der Waals surface area contributed by atoms with Crippen LogP contribution in [0.2, 0.25) is 0 Å². The molecule has 0 saturated heterocycles. The molecule has 2 aliphatic carbocycles. The standard InChI is InChI=1S/C28H34N/c1-19-12-13-25-23(16-19)14-15-29(3)28(25)27-18-24(21-8-4-5-9-21)17-26(20(27)2)22-10-6-7-11-22/h12-18,21-22H,4-11H2,1-3H3/q+1/i14D,15D. The quantitative estimate of drug-likeness (QED) is 0.417. The number of aromatic nitrogens is 1. The molecule has 150 valence electrons. The Hall–Kier alpha value is -2.15. The molecule has 1 heterocycles. The van der Waals surface area contributed by atoms with Crippen LogP contribution in [0.3, 0.4) is 0 Å². The molecule has 3 aromatic rings. The van der Waals surface area contributed by atoms with Gasteiger partial charge in [-0.15, -0.1) is 0 Å². The summed E-state index contributed by atoms with van der Waals surface area (Å²) in [5.41, 5.74) is 7.94. The minimum absolute atomic E-state index is 0.293. The zero-order valence-corrected chi connectivity index (χ0v) is 18.1. The van der Waals surface area contributed by atoms with Crippen molar-refractivity contribution in [3.8, 4) is 11.3 Å². The predicted molar refractivity (Wildman–Crippen MR) is 122 cm³/mol. The number of rotatable bonds is 3. The summed E-state index contributed by atoms with van der Waals surface area (Å²) in [6.45, 7) is 4.36. The van der Waals surface area contributed by atoms with E-state index >= 15 is 0 Å². The third kappa shape index (κ3) is 3.39. The molecule has 2 aliphatic rings. The van der Waals surface area contributed by atoms with Gasteiger partial charge in [-0.3, -0.25) is 0 Å². The van der Waals surface area contributed by atoms with Gasteiger partial charge in [0.25, 0.3) is 0 Å². The first-order valence-electron chi connectivity index (χ1n) is 12.5. The van der Waals surface area contributed by atoms with Gasteiger partial charge in [0.2, 0.25) is 5.69 Å². The third-order valence-corrected chi connectivity index (χ3v) is 7.47. The molecule has 0 atom stereocenters. The number of benzene rings is 2. The number of aryl methyl sites for hydroxylation is 1. The maximum absolute atomic E-state index is 8.67. The van der Waals surface area contributed by atoms with E-state index in [2.05, 4.69) is 44.2 Å². The van der Waals surface area contributed by atoms with Crippen molar-refractivity contribution in [2.75, 3.05) is 0 Å². The fourth-order valence-electron chi connectivity index (χ4n) is 5.84. The van der Waals surface area contributed by atoms with Gasteiger partial charge in [0.1, 0.15) is 8.42 Å². The topological polar surface area (TPSA) is 3.88 Å². The van der Waals surface area contributed by atoms with E-state index < -0.39 is 0 Å². The normalized spacial score (nSPS) is 19.1. The fraction of sp³-hybridized carbons (Fsp3) is 0.464. The van der Waals surface area contributed by atoms with Gasteiger partial charge in [0.15, 0.2) is 6.17 Å². The lowest BCUT2D eigenvalue weighted by atomic mass is 9.83. The van der Waals surface area contributed by atoms with Gasteiger partial charge in [-0.05, 0) is 85.6 Å². The Kier molecular flexibility index (Phi) is 4.35. The molecule has 1 nitrogen and oxygen atoms in total. The smallest absolute Gasteiger partial charge is 0.200 e. The first kappa shape index (κ1) is 16.6. The van der Waals surface area contributed by atoms with E-state index in [0.717, 1.165) is 22.0 Å². The molecule has 2 saturated carbocycles. The van der Waals surface area contributed by atoms with Crippen LogP contribution in [0.4, 0.5) is 0 Å². The van der Waals surface area contributed by atoms with Gasteiger partial charge >= 0.3 is 0 Å². The van der Waals surface area contributed by atoms with Crippen molar-refractivity contribution in [3.05, 3.63) is 64.8 Å². The molecular formula is C28H34N+. The monoisotopic (exact) mass is 386 g/mol.